The third-order valence-corrected chi connectivity index (χ3v) is 2.47. The molecule has 0 aliphatic rings. The van der Waals surface area contributed by atoms with Gasteiger partial charge in [0.25, 0.3) is 0 Å². The number of nitrogens with zero attached hydrogens (tertiary/aromatic N) is 2. The van der Waals surface area contributed by atoms with E-state index in [9.17, 15) is 0 Å². The van der Waals surface area contributed by atoms with Gasteiger partial charge in [0.05, 0.1) is 12.3 Å². The van der Waals surface area contributed by atoms with E-state index in [0.29, 0.717) is 22.0 Å². The lowest BCUT2D eigenvalue weighted by Gasteiger charge is -2.06. The Morgan fingerprint density at radius 2 is 2.24 bits per heavy atom. The zero-order chi connectivity index (χ0) is 12.3. The molecule has 0 spiro atoms. The van der Waals surface area contributed by atoms with Crippen LogP contribution in [-0.2, 0) is 6.61 Å². The van der Waals surface area contributed by atoms with Gasteiger partial charge >= 0.3 is 6.01 Å². The Morgan fingerprint density at radius 1 is 1.41 bits per heavy atom. The number of aliphatic hydroxyl groups excluding tert-OH is 1. The summed E-state index contributed by atoms with van der Waals surface area (Å²) in [5, 5.41) is 9.59. The molecule has 0 unspecified atom stereocenters. The first kappa shape index (κ1) is 11.8. The van der Waals surface area contributed by atoms with Crippen molar-refractivity contribution >= 4 is 11.6 Å². The molecule has 0 fully saturated rings. The molecule has 88 valence electrons. The average Bonchev–Trinajstić information content (AvgIpc) is 2.29. The van der Waals surface area contributed by atoms with Crippen molar-refractivity contribution in [2.75, 3.05) is 0 Å². The minimum atomic E-state index is -0.0801. The van der Waals surface area contributed by atoms with Gasteiger partial charge < -0.3 is 9.84 Å². The molecule has 4 nitrogen and oxygen atoms in total. The summed E-state index contributed by atoms with van der Waals surface area (Å²) in [6.45, 7) is 1.71. The van der Waals surface area contributed by atoms with Gasteiger partial charge in [-0.1, -0.05) is 17.7 Å². The quantitative estimate of drug-likeness (QED) is 0.910. The maximum Gasteiger partial charge on any atom is 0.322 e. The van der Waals surface area contributed by atoms with Gasteiger partial charge in [-0.15, -0.1) is 0 Å². The molecule has 1 heterocycles. The van der Waals surface area contributed by atoms with E-state index < -0.39 is 0 Å². The molecule has 5 heteroatoms. The molecule has 2 aromatic rings. The second kappa shape index (κ2) is 5.12. The first-order valence-electron chi connectivity index (χ1n) is 5.06. The lowest BCUT2D eigenvalue weighted by atomic mass is 10.3. The molecular weight excluding hydrogens is 240 g/mol. The average molecular weight is 251 g/mol. The molecule has 0 aliphatic heterocycles. The number of aromatic nitrogens is 2. The van der Waals surface area contributed by atoms with Crippen LogP contribution in [0.5, 0.6) is 11.8 Å². The van der Waals surface area contributed by atoms with Crippen molar-refractivity contribution in [1.29, 1.82) is 0 Å². The van der Waals surface area contributed by atoms with Gasteiger partial charge in [0.2, 0.25) is 0 Å². The number of ether oxygens (including phenoxy) is 1. The van der Waals surface area contributed by atoms with Gasteiger partial charge in [0, 0.05) is 16.8 Å². The van der Waals surface area contributed by atoms with E-state index in [1.54, 1.807) is 37.4 Å². The highest BCUT2D eigenvalue weighted by molar-refractivity contribution is 6.30. The summed E-state index contributed by atoms with van der Waals surface area (Å²) >= 11 is 5.84. The van der Waals surface area contributed by atoms with Gasteiger partial charge in [0.15, 0.2) is 0 Å². The highest BCUT2D eigenvalue weighted by Crippen LogP contribution is 2.21. The number of aryl methyl sites for hydroxylation is 1. The van der Waals surface area contributed by atoms with Crippen LogP contribution < -0.4 is 4.74 Å². The Labute approximate surface area is 104 Å². The van der Waals surface area contributed by atoms with E-state index in [1.165, 1.54) is 0 Å². The predicted molar refractivity (Wildman–Crippen MR) is 64.2 cm³/mol. The second-order valence-corrected chi connectivity index (χ2v) is 3.92. The third kappa shape index (κ3) is 2.93. The minimum absolute atomic E-state index is 0.0801. The summed E-state index contributed by atoms with van der Waals surface area (Å²) < 4.78 is 5.45. The second-order valence-electron chi connectivity index (χ2n) is 3.48. The smallest absolute Gasteiger partial charge is 0.322 e. The summed E-state index contributed by atoms with van der Waals surface area (Å²) in [6.07, 6.45) is 1.54. The van der Waals surface area contributed by atoms with E-state index in [2.05, 4.69) is 9.97 Å². The molecule has 0 bridgehead atoms. The molecule has 0 aliphatic carbocycles. The maximum atomic E-state index is 9.00. The number of aliphatic hydroxyl groups is 1. The fourth-order valence-electron chi connectivity index (χ4n) is 1.31. The summed E-state index contributed by atoms with van der Waals surface area (Å²) in [4.78, 5) is 8.13. The van der Waals surface area contributed by atoms with Crippen LogP contribution in [-0.4, -0.2) is 15.1 Å². The Morgan fingerprint density at radius 3 is 2.88 bits per heavy atom. The number of hydrogen-bond donors (Lipinski definition) is 1. The monoisotopic (exact) mass is 250 g/mol. The van der Waals surface area contributed by atoms with E-state index in [1.807, 2.05) is 0 Å². The van der Waals surface area contributed by atoms with Gasteiger partial charge in [-0.3, -0.25) is 0 Å². The summed E-state index contributed by atoms with van der Waals surface area (Å²) in [5.41, 5.74) is 1.38. The van der Waals surface area contributed by atoms with Crippen LogP contribution in [0.1, 0.15) is 11.3 Å². The molecule has 1 aromatic carbocycles. The van der Waals surface area contributed by atoms with Crippen LogP contribution in [0, 0.1) is 6.92 Å². The summed E-state index contributed by atoms with van der Waals surface area (Å²) in [7, 11) is 0. The van der Waals surface area contributed by atoms with Gasteiger partial charge in [-0.2, -0.15) is 4.98 Å². The van der Waals surface area contributed by atoms with E-state index in [4.69, 9.17) is 21.4 Å². The number of benzene rings is 1. The fourth-order valence-corrected chi connectivity index (χ4v) is 1.49. The van der Waals surface area contributed by atoms with Crippen LogP contribution in [0.2, 0.25) is 5.02 Å². The summed E-state index contributed by atoms with van der Waals surface area (Å²) in [6, 6.07) is 7.23. The number of rotatable bonds is 3. The minimum Gasteiger partial charge on any atom is -0.424 e. The predicted octanol–water partition coefficient (Wildman–Crippen LogP) is 2.72. The van der Waals surface area contributed by atoms with E-state index >= 15 is 0 Å². The first-order valence-corrected chi connectivity index (χ1v) is 5.43. The fraction of sp³-hybridized carbons (Fsp3) is 0.167. The molecule has 0 saturated heterocycles. The van der Waals surface area contributed by atoms with Crippen molar-refractivity contribution in [1.82, 2.24) is 9.97 Å². The van der Waals surface area contributed by atoms with E-state index in [-0.39, 0.29) is 12.6 Å². The summed E-state index contributed by atoms with van der Waals surface area (Å²) in [5.74, 6) is 0.577. The largest absolute Gasteiger partial charge is 0.424 e. The third-order valence-electron chi connectivity index (χ3n) is 2.23. The molecule has 17 heavy (non-hydrogen) atoms. The van der Waals surface area contributed by atoms with Crippen molar-refractivity contribution in [3.8, 4) is 11.8 Å². The van der Waals surface area contributed by atoms with Crippen LogP contribution in [0.15, 0.2) is 30.5 Å². The van der Waals surface area contributed by atoms with Crippen LogP contribution >= 0.6 is 11.6 Å². The standard InChI is InChI=1S/C12H11ClN2O2/c1-8-9(7-16)6-14-12(15-8)17-11-4-2-3-10(13)5-11/h2-6,16H,7H2,1H3. The lowest BCUT2D eigenvalue weighted by molar-refractivity contribution is 0.279. The normalized spacial score (nSPS) is 10.3. The van der Waals surface area contributed by atoms with Gasteiger partial charge in [0.1, 0.15) is 5.75 Å². The van der Waals surface area contributed by atoms with Crippen LogP contribution in [0.25, 0.3) is 0 Å². The molecule has 0 amide bonds. The molecule has 0 saturated carbocycles. The molecular formula is C12H11ClN2O2. The van der Waals surface area contributed by atoms with E-state index in [0.717, 1.165) is 0 Å². The Kier molecular flexibility index (Phi) is 3.56. The maximum absolute atomic E-state index is 9.00. The molecule has 1 aromatic heterocycles. The highest BCUT2D eigenvalue weighted by atomic mass is 35.5. The van der Waals surface area contributed by atoms with Crippen molar-refractivity contribution < 1.29 is 9.84 Å². The Bertz CT molecular complexity index is 532. The Hall–Kier alpha value is -1.65. The number of halogens is 1. The van der Waals surface area contributed by atoms with Crippen LogP contribution in [0.3, 0.4) is 0 Å². The Balaban J connectivity index is 2.22. The molecule has 0 atom stereocenters. The topological polar surface area (TPSA) is 55.2 Å². The van der Waals surface area contributed by atoms with Crippen molar-refractivity contribution in [2.24, 2.45) is 0 Å². The van der Waals surface area contributed by atoms with Gasteiger partial charge in [-0.05, 0) is 25.1 Å². The van der Waals surface area contributed by atoms with Crippen molar-refractivity contribution in [3.05, 3.63) is 46.7 Å². The zero-order valence-electron chi connectivity index (χ0n) is 9.22. The molecule has 2 rings (SSSR count). The zero-order valence-corrected chi connectivity index (χ0v) is 9.98. The van der Waals surface area contributed by atoms with Crippen molar-refractivity contribution in [2.45, 2.75) is 13.5 Å². The molecule has 1 N–H and O–H groups in total. The van der Waals surface area contributed by atoms with Crippen molar-refractivity contribution in [3.63, 3.8) is 0 Å². The van der Waals surface area contributed by atoms with Gasteiger partial charge in [-0.25, -0.2) is 4.98 Å². The lowest BCUT2D eigenvalue weighted by Crippen LogP contribution is -1.98. The highest BCUT2D eigenvalue weighted by Gasteiger charge is 2.04. The van der Waals surface area contributed by atoms with Crippen LogP contribution in [0.4, 0.5) is 0 Å². The first-order chi connectivity index (χ1) is 8.19. The SMILES string of the molecule is Cc1nc(Oc2cccc(Cl)c2)ncc1CO. The molecule has 0 radical (unpaired) electrons. The number of hydrogen-bond acceptors (Lipinski definition) is 4.